The molecule has 0 spiro atoms. The second-order valence-electron chi connectivity index (χ2n) is 9.00. The van der Waals surface area contributed by atoms with Gasteiger partial charge < -0.3 is 10.2 Å². The van der Waals surface area contributed by atoms with Crippen molar-refractivity contribution in [1.29, 1.82) is 0 Å². The van der Waals surface area contributed by atoms with Crippen LogP contribution in [0.25, 0.3) is 11.1 Å². The van der Waals surface area contributed by atoms with Crippen LogP contribution in [0.1, 0.15) is 30.0 Å². The van der Waals surface area contributed by atoms with Crippen LogP contribution in [0.2, 0.25) is 0 Å². The van der Waals surface area contributed by atoms with E-state index >= 15 is 0 Å². The highest BCUT2D eigenvalue weighted by Gasteiger charge is 2.54. The Kier molecular flexibility index (Phi) is 6.41. The molecule has 2 N–H and O–H groups in total. The molecule has 0 aliphatic carbocycles. The van der Waals surface area contributed by atoms with Crippen LogP contribution in [-0.2, 0) is 16.4 Å². The minimum absolute atomic E-state index is 0.000193. The number of sulfonamides is 1. The first kappa shape index (κ1) is 23.9. The number of aromatic hydroxyl groups is 2. The number of phenolic OH excluding ortho intramolecular Hbond substituents is 2. The third kappa shape index (κ3) is 4.54. The van der Waals surface area contributed by atoms with Gasteiger partial charge in [0.05, 0.1) is 11.7 Å². The topological polar surface area (TPSA) is 77.8 Å². The van der Waals surface area contributed by atoms with Gasteiger partial charge in [0, 0.05) is 5.56 Å². The quantitative estimate of drug-likeness (QED) is 0.315. The largest absolute Gasteiger partial charge is 0.508 e. The molecule has 1 heterocycles. The molecule has 0 bridgehead atoms. The van der Waals surface area contributed by atoms with Crippen molar-refractivity contribution in [1.82, 2.24) is 0 Å². The molecule has 0 radical (unpaired) electrons. The standard InChI is InChI=1S/C29H26FNO4S/c30-23-15-12-20(13-16-23)6-4-11-28-29(31(36(28,34)35)24-8-2-1-3-9-24)26-17-14-22(19-27(26)33)21-7-5-10-25(32)18-21/h1-3,5,7-10,12-19,28-29,32-33H,4,6,11H2. The average Bonchev–Trinajstić information content (AvgIpc) is 2.87. The zero-order valence-electron chi connectivity index (χ0n) is 19.5. The summed E-state index contributed by atoms with van der Waals surface area (Å²) in [6.45, 7) is 0. The number of benzene rings is 4. The SMILES string of the molecule is O=S1(=O)C(CCCc2ccc(F)cc2)C(c2ccc(-c3cccc(O)c3)cc2O)N1c1ccccc1. The first-order chi connectivity index (χ1) is 17.3. The molecule has 7 heteroatoms. The van der Waals surface area contributed by atoms with Crippen LogP contribution < -0.4 is 4.31 Å². The van der Waals surface area contributed by atoms with Crippen molar-refractivity contribution in [3.05, 3.63) is 114 Å². The molecule has 1 fully saturated rings. The van der Waals surface area contributed by atoms with Crippen LogP contribution in [0.5, 0.6) is 11.5 Å². The molecule has 1 aliphatic rings. The summed E-state index contributed by atoms with van der Waals surface area (Å²) in [5, 5.41) is 20.1. The van der Waals surface area contributed by atoms with Gasteiger partial charge >= 0.3 is 0 Å². The van der Waals surface area contributed by atoms with Crippen molar-refractivity contribution in [3.63, 3.8) is 0 Å². The van der Waals surface area contributed by atoms with Crippen molar-refractivity contribution in [2.75, 3.05) is 4.31 Å². The predicted octanol–water partition coefficient (Wildman–Crippen LogP) is 6.19. The Bertz CT molecular complexity index is 1470. The van der Waals surface area contributed by atoms with Crippen LogP contribution in [0.15, 0.2) is 97.1 Å². The van der Waals surface area contributed by atoms with E-state index in [0.29, 0.717) is 36.1 Å². The highest BCUT2D eigenvalue weighted by atomic mass is 32.2. The van der Waals surface area contributed by atoms with Gasteiger partial charge in [-0.2, -0.15) is 0 Å². The van der Waals surface area contributed by atoms with Gasteiger partial charge in [-0.1, -0.05) is 54.6 Å². The highest BCUT2D eigenvalue weighted by molar-refractivity contribution is 7.95. The number of hydrogen-bond acceptors (Lipinski definition) is 4. The number of para-hydroxylation sites is 1. The average molecular weight is 504 g/mol. The molecule has 36 heavy (non-hydrogen) atoms. The summed E-state index contributed by atoms with van der Waals surface area (Å²) in [7, 11) is -3.63. The normalized spacial score (nSPS) is 18.5. The minimum atomic E-state index is -3.63. The summed E-state index contributed by atoms with van der Waals surface area (Å²) in [6.07, 6.45) is 1.64. The fraction of sp³-hybridized carbons (Fsp3) is 0.172. The van der Waals surface area contributed by atoms with Crippen molar-refractivity contribution >= 4 is 15.7 Å². The number of nitrogens with zero attached hydrogens (tertiary/aromatic N) is 1. The van der Waals surface area contributed by atoms with E-state index in [1.807, 2.05) is 18.2 Å². The van der Waals surface area contributed by atoms with Crippen molar-refractivity contribution in [2.24, 2.45) is 0 Å². The summed E-state index contributed by atoms with van der Waals surface area (Å²) in [4.78, 5) is 0. The van der Waals surface area contributed by atoms with Crippen LogP contribution in [0.4, 0.5) is 10.1 Å². The number of aryl methyl sites for hydroxylation is 1. The maximum atomic E-state index is 13.4. The van der Waals surface area contributed by atoms with E-state index < -0.39 is 21.3 Å². The van der Waals surface area contributed by atoms with E-state index in [9.17, 15) is 23.0 Å². The Balaban J connectivity index is 1.45. The lowest BCUT2D eigenvalue weighted by atomic mass is 9.94. The molecule has 184 valence electrons. The molecular formula is C29H26FNO4S. The summed E-state index contributed by atoms with van der Waals surface area (Å²) < 4.78 is 41.5. The van der Waals surface area contributed by atoms with Gasteiger partial charge in [-0.3, -0.25) is 4.31 Å². The number of anilines is 1. The Morgan fingerprint density at radius 2 is 1.53 bits per heavy atom. The molecule has 1 aliphatic heterocycles. The fourth-order valence-corrected chi connectivity index (χ4v) is 7.04. The second-order valence-corrected chi connectivity index (χ2v) is 11.0. The molecule has 2 unspecified atom stereocenters. The Morgan fingerprint density at radius 3 is 2.22 bits per heavy atom. The lowest BCUT2D eigenvalue weighted by Gasteiger charge is -2.48. The van der Waals surface area contributed by atoms with Crippen molar-refractivity contribution < 1.29 is 23.0 Å². The number of hydrogen-bond donors (Lipinski definition) is 2. The lowest BCUT2D eigenvalue weighted by Crippen LogP contribution is -2.58. The molecule has 0 aromatic heterocycles. The first-order valence-corrected chi connectivity index (χ1v) is 13.3. The Morgan fingerprint density at radius 1 is 0.806 bits per heavy atom. The van der Waals surface area contributed by atoms with E-state index in [4.69, 9.17) is 0 Å². The van der Waals surface area contributed by atoms with E-state index in [-0.39, 0.29) is 17.3 Å². The molecule has 4 aromatic rings. The minimum Gasteiger partial charge on any atom is -0.508 e. The number of halogens is 1. The molecule has 2 atom stereocenters. The Hall–Kier alpha value is -3.84. The third-order valence-electron chi connectivity index (χ3n) is 6.67. The molecule has 4 aromatic carbocycles. The molecule has 5 rings (SSSR count). The van der Waals surface area contributed by atoms with Crippen molar-refractivity contribution in [3.8, 4) is 22.6 Å². The molecule has 5 nitrogen and oxygen atoms in total. The van der Waals surface area contributed by atoms with Gasteiger partial charge in [0.25, 0.3) is 0 Å². The zero-order valence-corrected chi connectivity index (χ0v) is 20.3. The summed E-state index contributed by atoms with van der Waals surface area (Å²) >= 11 is 0. The maximum Gasteiger partial charge on any atom is 0.241 e. The van der Waals surface area contributed by atoms with Crippen molar-refractivity contribution in [2.45, 2.75) is 30.6 Å². The summed E-state index contributed by atoms with van der Waals surface area (Å²) in [6, 6.07) is 26.5. The lowest BCUT2D eigenvalue weighted by molar-refractivity contribution is 0.437. The van der Waals surface area contributed by atoms with E-state index in [1.165, 1.54) is 16.4 Å². The van der Waals surface area contributed by atoms with Gasteiger partial charge in [0.15, 0.2) is 0 Å². The van der Waals surface area contributed by atoms with Gasteiger partial charge in [-0.15, -0.1) is 0 Å². The highest BCUT2D eigenvalue weighted by Crippen LogP contribution is 2.50. The van der Waals surface area contributed by atoms with Gasteiger partial charge in [-0.05, 0) is 78.4 Å². The second kappa shape index (κ2) is 9.66. The molecular weight excluding hydrogens is 477 g/mol. The molecule has 0 amide bonds. The first-order valence-electron chi connectivity index (χ1n) is 11.8. The number of phenols is 2. The number of rotatable bonds is 7. The van der Waals surface area contributed by atoms with Gasteiger partial charge in [0.1, 0.15) is 22.6 Å². The summed E-state index contributed by atoms with van der Waals surface area (Å²) in [5.74, 6) is -0.179. The maximum absolute atomic E-state index is 13.4. The van der Waals surface area contributed by atoms with Crippen LogP contribution in [-0.4, -0.2) is 23.9 Å². The van der Waals surface area contributed by atoms with E-state index in [2.05, 4.69) is 0 Å². The van der Waals surface area contributed by atoms with E-state index in [0.717, 1.165) is 11.1 Å². The molecule has 1 saturated heterocycles. The van der Waals surface area contributed by atoms with Crippen LogP contribution in [0.3, 0.4) is 0 Å². The van der Waals surface area contributed by atoms with Crippen LogP contribution in [0, 0.1) is 5.82 Å². The van der Waals surface area contributed by atoms with E-state index in [1.54, 1.807) is 66.7 Å². The fourth-order valence-electron chi connectivity index (χ4n) is 4.89. The van der Waals surface area contributed by atoms with Gasteiger partial charge in [0.2, 0.25) is 10.0 Å². The van der Waals surface area contributed by atoms with Gasteiger partial charge in [-0.25, -0.2) is 12.8 Å². The Labute approximate surface area is 210 Å². The zero-order chi connectivity index (χ0) is 25.3. The summed E-state index contributed by atoms with van der Waals surface area (Å²) in [5.41, 5.74) is 3.49. The third-order valence-corrected chi connectivity index (χ3v) is 8.91. The molecule has 0 saturated carbocycles. The predicted molar refractivity (Wildman–Crippen MR) is 139 cm³/mol. The monoisotopic (exact) mass is 503 g/mol. The smallest absolute Gasteiger partial charge is 0.241 e. The van der Waals surface area contributed by atoms with Crippen LogP contribution >= 0.6 is 0 Å².